The molecule has 2 heterocycles. The van der Waals surface area contributed by atoms with Gasteiger partial charge in [0.15, 0.2) is 23.8 Å². The zero-order valence-electron chi connectivity index (χ0n) is 36.4. The van der Waals surface area contributed by atoms with E-state index >= 15 is 0 Å². The summed E-state index contributed by atoms with van der Waals surface area (Å²) in [6, 6.07) is 25.0. The quantitative estimate of drug-likeness (QED) is 0.0524. The van der Waals surface area contributed by atoms with E-state index in [1.165, 1.54) is 44.1 Å². The highest BCUT2D eigenvalue weighted by Crippen LogP contribution is 2.26. The van der Waals surface area contributed by atoms with Gasteiger partial charge in [0.2, 0.25) is 11.8 Å². The summed E-state index contributed by atoms with van der Waals surface area (Å²) in [6.07, 6.45) is 14.4. The van der Waals surface area contributed by atoms with Crippen LogP contribution in [0.2, 0.25) is 0 Å². The number of aryl methyl sites for hydroxylation is 4. The Morgan fingerprint density at radius 1 is 0.610 bits per heavy atom. The zero-order chi connectivity index (χ0) is 42.9. The summed E-state index contributed by atoms with van der Waals surface area (Å²) in [5.41, 5.74) is 21.9. The Bertz CT molecular complexity index is 1860. The molecule has 0 spiro atoms. The molecule has 2 unspecified atom stereocenters. The maximum absolute atomic E-state index is 13.0. The molecule has 10 nitrogen and oxygen atoms in total. The third-order valence-corrected chi connectivity index (χ3v) is 13.0. The lowest BCUT2D eigenvalue weighted by atomic mass is 10.1. The number of anilines is 2. The normalized spacial score (nSPS) is 12.5. The van der Waals surface area contributed by atoms with E-state index in [9.17, 15) is 9.59 Å². The van der Waals surface area contributed by atoms with E-state index in [1.54, 1.807) is 23.9 Å². The number of carbonyl (C=O) groups excluding carboxylic acids is 2. The van der Waals surface area contributed by atoms with Crippen LogP contribution in [0.5, 0.6) is 0 Å². The fraction of sp³-hybridized carbons (Fsp3) is 0.404. The Labute approximate surface area is 361 Å². The Hall–Kier alpha value is -4.62. The van der Waals surface area contributed by atoms with Gasteiger partial charge < -0.3 is 31.1 Å². The van der Waals surface area contributed by atoms with Crippen LogP contribution in [0.15, 0.2) is 85.2 Å². The highest BCUT2D eigenvalue weighted by atomic mass is 33.1. The highest BCUT2D eigenvalue weighted by molar-refractivity contribution is 8.77. The topological polar surface area (TPSA) is 107 Å². The number of benzene rings is 2. The van der Waals surface area contributed by atoms with Gasteiger partial charge in [0, 0.05) is 110 Å². The molecule has 12 heteroatoms. The van der Waals surface area contributed by atoms with Crippen molar-refractivity contribution in [2.24, 2.45) is 11.5 Å². The van der Waals surface area contributed by atoms with Crippen LogP contribution in [0.3, 0.4) is 0 Å². The van der Waals surface area contributed by atoms with Gasteiger partial charge in [-0.3, -0.25) is 9.59 Å². The van der Waals surface area contributed by atoms with E-state index in [2.05, 4.69) is 170 Å². The Morgan fingerprint density at radius 3 is 1.42 bits per heavy atom. The molecule has 0 saturated heterocycles. The summed E-state index contributed by atoms with van der Waals surface area (Å²) >= 11 is 0. The number of rotatable bonds is 22. The maximum Gasteiger partial charge on any atom is 0.250 e. The number of likely N-dealkylation sites (N-methyl/N-ethyl adjacent to an activating group) is 2. The molecule has 0 saturated carbocycles. The van der Waals surface area contributed by atoms with Crippen LogP contribution in [0, 0.1) is 13.8 Å². The predicted molar refractivity (Wildman–Crippen MR) is 252 cm³/mol. The summed E-state index contributed by atoms with van der Waals surface area (Å²) in [6.45, 7) is 13.3. The van der Waals surface area contributed by atoms with Crippen LogP contribution in [0.4, 0.5) is 11.4 Å². The first kappa shape index (κ1) is 47.1. The molecule has 316 valence electrons. The fourth-order valence-corrected chi connectivity index (χ4v) is 8.82. The van der Waals surface area contributed by atoms with Crippen molar-refractivity contribution in [2.75, 3.05) is 69.9 Å². The van der Waals surface area contributed by atoms with Gasteiger partial charge in [-0.1, -0.05) is 70.2 Å². The van der Waals surface area contributed by atoms with Gasteiger partial charge in [-0.05, 0) is 73.2 Å². The molecule has 4 aromatic rings. The average Bonchev–Trinajstić information content (AvgIpc) is 3.24. The average molecular weight is 839 g/mol. The first-order chi connectivity index (χ1) is 28.3. The first-order valence-corrected chi connectivity index (χ1v) is 23.0. The van der Waals surface area contributed by atoms with Crippen LogP contribution in [-0.4, -0.2) is 93.2 Å². The molecular weight excluding hydrogens is 773 g/mol. The number of aromatic nitrogens is 2. The lowest BCUT2D eigenvalue weighted by molar-refractivity contribution is -0.699. The van der Waals surface area contributed by atoms with Gasteiger partial charge in [-0.15, -0.1) is 0 Å². The minimum atomic E-state index is -0.738. The van der Waals surface area contributed by atoms with E-state index in [1.807, 2.05) is 0 Å². The number of pyridine rings is 2. The Kier molecular flexibility index (Phi) is 19.0. The first-order valence-electron chi connectivity index (χ1n) is 20.6. The molecule has 4 N–H and O–H groups in total. The van der Waals surface area contributed by atoms with Crippen molar-refractivity contribution < 1.29 is 18.7 Å². The molecule has 0 aliphatic heterocycles. The number of hydrogen-bond acceptors (Lipinski definition) is 8. The lowest BCUT2D eigenvalue weighted by Crippen LogP contribution is -2.44. The molecule has 0 bridgehead atoms. The van der Waals surface area contributed by atoms with Gasteiger partial charge in [0.1, 0.15) is 18.5 Å². The molecule has 0 aliphatic rings. The largest absolute Gasteiger partial charge is 0.375 e. The van der Waals surface area contributed by atoms with E-state index in [0.717, 1.165) is 61.5 Å². The van der Waals surface area contributed by atoms with Crippen LogP contribution in [-0.2, 0) is 22.7 Å². The standard InChI is InChI=1S/C47H66N8O2S2/c1-9-54-31-25-40(33-36(54)3)15-13-38-17-21-42(22-18-38)50(5)27-11-29-52(7)46(56)44(48)35-58-59-45(49)47(57)53(8)30-12-28-51(6)43-23-19-39(20-24-43)14-16-41-26-32-55(10-2)37(4)34-41/h13-26,31-34,44-45H,9-12,27-30,35,48-49H2,1-8H3/q+2. The lowest BCUT2D eigenvalue weighted by Gasteiger charge is -2.25. The molecule has 4 rings (SSSR count). The Balaban J connectivity index is 1.09. The van der Waals surface area contributed by atoms with Crippen LogP contribution in [0.1, 0.15) is 60.3 Å². The molecule has 0 radical (unpaired) electrons. The van der Waals surface area contributed by atoms with E-state index in [4.69, 9.17) is 11.5 Å². The van der Waals surface area contributed by atoms with Crippen molar-refractivity contribution in [3.05, 3.63) is 119 Å². The van der Waals surface area contributed by atoms with Crippen molar-refractivity contribution in [1.82, 2.24) is 9.80 Å². The van der Waals surface area contributed by atoms with Gasteiger partial charge >= 0.3 is 0 Å². The third-order valence-electron chi connectivity index (χ3n) is 10.5. The Morgan fingerprint density at radius 2 is 1.02 bits per heavy atom. The smallest absolute Gasteiger partial charge is 0.250 e. The van der Waals surface area contributed by atoms with Crippen LogP contribution < -0.4 is 30.4 Å². The summed E-state index contributed by atoms with van der Waals surface area (Å²) < 4.78 is 4.45. The summed E-state index contributed by atoms with van der Waals surface area (Å²) in [7, 11) is 10.3. The monoisotopic (exact) mass is 838 g/mol. The molecule has 2 aromatic heterocycles. The molecular formula is C47H66N8O2S2+2. The van der Waals surface area contributed by atoms with Crippen molar-refractivity contribution in [3.8, 4) is 0 Å². The molecule has 2 atom stereocenters. The van der Waals surface area contributed by atoms with Gasteiger partial charge in [-0.2, -0.15) is 0 Å². The maximum atomic E-state index is 13.0. The van der Waals surface area contributed by atoms with Crippen molar-refractivity contribution >= 4 is 69.1 Å². The summed E-state index contributed by atoms with van der Waals surface area (Å²) in [5, 5.41) is -0.738. The molecule has 2 amide bonds. The fourth-order valence-electron chi connectivity index (χ4n) is 6.68. The van der Waals surface area contributed by atoms with Gasteiger partial charge in [0.25, 0.3) is 0 Å². The number of hydrogen-bond donors (Lipinski definition) is 2. The number of carbonyl (C=O) groups is 2. The molecule has 0 aliphatic carbocycles. The van der Waals surface area contributed by atoms with E-state index < -0.39 is 11.4 Å². The summed E-state index contributed by atoms with van der Waals surface area (Å²) in [5.74, 6) is 0.111. The molecule has 0 fully saturated rings. The second-order valence-electron chi connectivity index (χ2n) is 15.1. The minimum absolute atomic E-state index is 0.116. The van der Waals surface area contributed by atoms with Crippen molar-refractivity contribution in [1.29, 1.82) is 0 Å². The van der Waals surface area contributed by atoms with Gasteiger partial charge in [-0.25, -0.2) is 9.13 Å². The predicted octanol–water partition coefficient (Wildman–Crippen LogP) is 6.52. The second-order valence-corrected chi connectivity index (χ2v) is 17.7. The van der Waals surface area contributed by atoms with Crippen LogP contribution >= 0.6 is 21.6 Å². The van der Waals surface area contributed by atoms with Crippen molar-refractivity contribution in [2.45, 2.75) is 65.0 Å². The molecule has 2 aromatic carbocycles. The summed E-state index contributed by atoms with van der Waals surface area (Å²) in [4.78, 5) is 33.8. The number of nitrogens with two attached hydrogens (primary N) is 2. The minimum Gasteiger partial charge on any atom is -0.375 e. The second kappa shape index (κ2) is 23.8. The highest BCUT2D eigenvalue weighted by Gasteiger charge is 2.22. The van der Waals surface area contributed by atoms with Crippen molar-refractivity contribution in [3.63, 3.8) is 0 Å². The van der Waals surface area contributed by atoms with E-state index in [0.29, 0.717) is 18.8 Å². The van der Waals surface area contributed by atoms with Crippen LogP contribution in [0.25, 0.3) is 24.3 Å². The van der Waals surface area contributed by atoms with E-state index in [-0.39, 0.29) is 11.8 Å². The van der Waals surface area contributed by atoms with Gasteiger partial charge in [0.05, 0.1) is 6.04 Å². The SMILES string of the molecule is CC[n+]1ccc(/C=C/c2ccc(N(C)CCCN(C)C(=O)C(N)CSSC(N)C(=O)N(C)CCCN(C)c3ccc(/C=C/c4cc[n+](CC)c(C)c4)cc3)cc2)cc1C. The number of nitrogens with zero attached hydrogens (tertiary/aromatic N) is 6. The number of amides is 2. The molecule has 59 heavy (non-hydrogen) atoms. The third kappa shape index (κ3) is 14.9. The zero-order valence-corrected chi connectivity index (χ0v) is 38.0.